The van der Waals surface area contributed by atoms with Crippen LogP contribution in [-0.2, 0) is 0 Å². The molecule has 1 aromatic carbocycles. The number of benzene rings is 1. The van der Waals surface area contributed by atoms with Crippen molar-refractivity contribution in [3.8, 4) is 0 Å². The Balaban J connectivity index is 2.50. The maximum absolute atomic E-state index is 4.51. The zero-order valence-corrected chi connectivity index (χ0v) is 9.27. The van der Waals surface area contributed by atoms with E-state index in [1.54, 1.807) is 0 Å². The van der Waals surface area contributed by atoms with Crippen molar-refractivity contribution in [2.75, 3.05) is 0 Å². The van der Waals surface area contributed by atoms with Crippen LogP contribution in [0.1, 0.15) is 38.8 Å². The van der Waals surface area contributed by atoms with Crippen LogP contribution >= 0.6 is 0 Å². The molecule has 1 aromatic rings. The Morgan fingerprint density at radius 2 is 1.79 bits per heavy atom. The third kappa shape index (κ3) is 3.73. The summed E-state index contributed by atoms with van der Waals surface area (Å²) in [5.74, 6) is 0.696. The summed E-state index contributed by atoms with van der Waals surface area (Å²) in [6.45, 7) is 6.55. The Labute approximate surface area is 86.9 Å². The predicted octanol–water partition coefficient (Wildman–Crippen LogP) is 3.86. The number of nitrogens with zero attached hydrogens (tertiary/aromatic N) is 1. The van der Waals surface area contributed by atoms with Crippen molar-refractivity contribution < 1.29 is 0 Å². The highest BCUT2D eigenvalue weighted by Crippen LogP contribution is 2.15. The Morgan fingerprint density at radius 1 is 1.14 bits per heavy atom. The Bertz CT molecular complexity index is 275. The fraction of sp³-hybridized carbons (Fsp3) is 0.462. The second kappa shape index (κ2) is 5.58. The van der Waals surface area contributed by atoms with Gasteiger partial charge < -0.3 is 0 Å². The van der Waals surface area contributed by atoms with Crippen molar-refractivity contribution >= 4 is 6.21 Å². The molecule has 0 heterocycles. The van der Waals surface area contributed by atoms with Crippen molar-refractivity contribution in [1.29, 1.82) is 0 Å². The summed E-state index contributed by atoms with van der Waals surface area (Å²) < 4.78 is 0. The second-order valence-electron chi connectivity index (χ2n) is 4.05. The first-order valence-corrected chi connectivity index (χ1v) is 5.26. The Kier molecular flexibility index (Phi) is 4.37. The molecule has 0 bridgehead atoms. The smallest absolute Gasteiger partial charge is 0.0716 e. The van der Waals surface area contributed by atoms with Crippen molar-refractivity contribution in [3.05, 3.63) is 35.9 Å². The van der Waals surface area contributed by atoms with Gasteiger partial charge in [0.2, 0.25) is 0 Å². The minimum atomic E-state index is 0.287. The molecule has 1 atom stereocenters. The minimum absolute atomic E-state index is 0.287. The highest BCUT2D eigenvalue weighted by molar-refractivity contribution is 5.57. The van der Waals surface area contributed by atoms with E-state index in [0.29, 0.717) is 5.92 Å². The molecule has 0 aromatic heterocycles. The van der Waals surface area contributed by atoms with E-state index >= 15 is 0 Å². The van der Waals surface area contributed by atoms with Crippen molar-refractivity contribution in [2.24, 2.45) is 10.9 Å². The summed E-state index contributed by atoms with van der Waals surface area (Å²) >= 11 is 0. The van der Waals surface area contributed by atoms with Crippen LogP contribution in [0.5, 0.6) is 0 Å². The highest BCUT2D eigenvalue weighted by atomic mass is 14.8. The lowest BCUT2D eigenvalue weighted by molar-refractivity contribution is 0.684. The van der Waals surface area contributed by atoms with Crippen LogP contribution < -0.4 is 0 Å². The fourth-order valence-electron chi connectivity index (χ4n) is 1.25. The highest BCUT2D eigenvalue weighted by Gasteiger charge is 1.99. The first-order valence-electron chi connectivity index (χ1n) is 5.26. The van der Waals surface area contributed by atoms with Crippen LogP contribution in [0.15, 0.2) is 35.3 Å². The van der Waals surface area contributed by atoms with Crippen LogP contribution in [0.3, 0.4) is 0 Å². The Hall–Kier alpha value is -1.11. The lowest BCUT2D eigenvalue weighted by Gasteiger charge is -2.06. The third-order valence-corrected chi connectivity index (χ3v) is 2.19. The first kappa shape index (κ1) is 11.0. The molecule has 0 saturated heterocycles. The van der Waals surface area contributed by atoms with E-state index in [1.807, 2.05) is 12.3 Å². The molecular weight excluding hydrogens is 170 g/mol. The van der Waals surface area contributed by atoms with E-state index in [0.717, 1.165) is 6.42 Å². The van der Waals surface area contributed by atoms with E-state index in [1.165, 1.54) is 5.56 Å². The van der Waals surface area contributed by atoms with E-state index in [-0.39, 0.29) is 6.04 Å². The molecule has 0 unspecified atom stereocenters. The molecule has 1 nitrogen and oxygen atoms in total. The van der Waals surface area contributed by atoms with Crippen LogP contribution in [0, 0.1) is 5.92 Å². The molecule has 0 saturated carbocycles. The molecule has 14 heavy (non-hydrogen) atoms. The SMILES string of the molecule is CC(C)CC=N[C@H](C)c1ccccc1. The summed E-state index contributed by atoms with van der Waals surface area (Å²) in [5.41, 5.74) is 1.28. The molecule has 0 amide bonds. The normalized spacial score (nSPS) is 13.7. The van der Waals surface area contributed by atoms with Crippen LogP contribution in [0.2, 0.25) is 0 Å². The van der Waals surface area contributed by atoms with Gasteiger partial charge in [0.1, 0.15) is 0 Å². The maximum atomic E-state index is 4.51. The zero-order chi connectivity index (χ0) is 10.4. The second-order valence-corrected chi connectivity index (χ2v) is 4.05. The van der Waals surface area contributed by atoms with Gasteiger partial charge in [-0.25, -0.2) is 0 Å². The average molecular weight is 189 g/mol. The minimum Gasteiger partial charge on any atom is -0.290 e. The summed E-state index contributed by atoms with van der Waals surface area (Å²) in [6.07, 6.45) is 3.11. The molecule has 1 rings (SSSR count). The third-order valence-electron chi connectivity index (χ3n) is 2.19. The molecule has 0 N–H and O–H groups in total. The maximum Gasteiger partial charge on any atom is 0.0716 e. The van der Waals surface area contributed by atoms with Crippen LogP contribution in [-0.4, -0.2) is 6.21 Å². The predicted molar refractivity (Wildman–Crippen MR) is 62.8 cm³/mol. The first-order chi connectivity index (χ1) is 6.70. The van der Waals surface area contributed by atoms with Gasteiger partial charge in [-0.3, -0.25) is 4.99 Å². The molecular formula is C13H19N. The monoisotopic (exact) mass is 189 g/mol. The van der Waals surface area contributed by atoms with Crippen molar-refractivity contribution in [2.45, 2.75) is 33.2 Å². The molecule has 76 valence electrons. The van der Waals surface area contributed by atoms with E-state index in [2.05, 4.69) is 50.0 Å². The fourth-order valence-corrected chi connectivity index (χ4v) is 1.25. The molecule has 0 aliphatic rings. The van der Waals surface area contributed by atoms with Gasteiger partial charge in [0.05, 0.1) is 6.04 Å². The van der Waals surface area contributed by atoms with Crippen molar-refractivity contribution in [1.82, 2.24) is 0 Å². The quantitative estimate of drug-likeness (QED) is 0.638. The van der Waals surface area contributed by atoms with Gasteiger partial charge in [0, 0.05) is 0 Å². The number of aliphatic imine (C=N–C) groups is 1. The summed E-state index contributed by atoms with van der Waals surface area (Å²) in [5, 5.41) is 0. The van der Waals surface area contributed by atoms with E-state index in [4.69, 9.17) is 0 Å². The van der Waals surface area contributed by atoms with Gasteiger partial charge in [-0.05, 0) is 31.0 Å². The molecule has 0 aliphatic carbocycles. The Morgan fingerprint density at radius 3 is 2.36 bits per heavy atom. The molecule has 0 aliphatic heterocycles. The largest absolute Gasteiger partial charge is 0.290 e. The van der Waals surface area contributed by atoms with E-state index in [9.17, 15) is 0 Å². The summed E-state index contributed by atoms with van der Waals surface area (Å²) in [7, 11) is 0. The van der Waals surface area contributed by atoms with Gasteiger partial charge in [0.25, 0.3) is 0 Å². The zero-order valence-electron chi connectivity index (χ0n) is 9.27. The van der Waals surface area contributed by atoms with Gasteiger partial charge in [-0.2, -0.15) is 0 Å². The topological polar surface area (TPSA) is 12.4 Å². The van der Waals surface area contributed by atoms with Crippen LogP contribution in [0.25, 0.3) is 0 Å². The standard InChI is InChI=1S/C13H19N/c1-11(2)9-10-14-12(3)13-7-5-4-6-8-13/h4-8,10-12H,9H2,1-3H3/t12-/m1/s1. The number of hydrogen-bond acceptors (Lipinski definition) is 1. The van der Waals surface area contributed by atoms with Crippen molar-refractivity contribution in [3.63, 3.8) is 0 Å². The van der Waals surface area contributed by atoms with Gasteiger partial charge in [0.15, 0.2) is 0 Å². The molecule has 0 radical (unpaired) electrons. The summed E-state index contributed by atoms with van der Waals surface area (Å²) in [4.78, 5) is 4.51. The van der Waals surface area contributed by atoms with E-state index < -0.39 is 0 Å². The molecule has 0 spiro atoms. The average Bonchev–Trinajstić information content (AvgIpc) is 2.18. The van der Waals surface area contributed by atoms with Crippen LogP contribution in [0.4, 0.5) is 0 Å². The number of hydrogen-bond donors (Lipinski definition) is 0. The molecule has 1 heteroatoms. The van der Waals surface area contributed by atoms with Gasteiger partial charge in [-0.1, -0.05) is 44.2 Å². The molecule has 0 fully saturated rings. The summed E-state index contributed by atoms with van der Waals surface area (Å²) in [6, 6.07) is 10.7. The number of rotatable bonds is 4. The lowest BCUT2D eigenvalue weighted by atomic mass is 10.1. The van der Waals surface area contributed by atoms with Gasteiger partial charge in [-0.15, -0.1) is 0 Å². The van der Waals surface area contributed by atoms with Gasteiger partial charge >= 0.3 is 0 Å². The lowest BCUT2D eigenvalue weighted by Crippen LogP contribution is -1.92.